The van der Waals surface area contributed by atoms with Gasteiger partial charge >= 0.3 is 0 Å². The Hall–Kier alpha value is -6.29. The summed E-state index contributed by atoms with van der Waals surface area (Å²) in [6.07, 6.45) is 0. The normalized spacial score (nSPS) is 12.1. The Morgan fingerprint density at radius 1 is 0.733 bits per heavy atom. The highest BCUT2D eigenvalue weighted by atomic mass is 32.1. The first kappa shape index (κ1) is 40.5. The zero-order valence-corrected chi connectivity index (χ0v) is 37.3. The lowest BCUT2D eigenvalue weighted by atomic mass is 9.90. The van der Waals surface area contributed by atoms with Crippen molar-refractivity contribution in [1.82, 2.24) is 24.7 Å². The number of fused-ring (bicyclic) bond motifs is 2. The second-order valence-electron chi connectivity index (χ2n) is 16.8. The van der Waals surface area contributed by atoms with Crippen LogP contribution in [0.3, 0.4) is 0 Å². The average Bonchev–Trinajstić information content (AvgIpc) is 3.94. The minimum atomic E-state index is -0.449. The number of azo groups is 1. The van der Waals surface area contributed by atoms with Gasteiger partial charge in [0.25, 0.3) is 0 Å². The van der Waals surface area contributed by atoms with Crippen LogP contribution in [0.5, 0.6) is 0 Å². The molecule has 12 heteroatoms. The Bertz CT molecular complexity index is 2910. The number of aryl methyl sites for hydroxylation is 3. The van der Waals surface area contributed by atoms with Gasteiger partial charge in [-0.3, -0.25) is 4.90 Å². The number of nitrogens with zero attached hydrogens (tertiary/aromatic N) is 9. The fraction of sp³-hybridized carbons (Fsp3) is 0.271. The van der Waals surface area contributed by atoms with Gasteiger partial charge in [-0.25, -0.2) is 15.0 Å². The van der Waals surface area contributed by atoms with Crippen molar-refractivity contribution in [3.63, 3.8) is 0 Å². The van der Waals surface area contributed by atoms with Crippen LogP contribution in [-0.4, -0.2) is 24.7 Å². The fourth-order valence-corrected chi connectivity index (χ4v) is 9.37. The van der Waals surface area contributed by atoms with Crippen molar-refractivity contribution < 1.29 is 0 Å². The van der Waals surface area contributed by atoms with Crippen molar-refractivity contribution in [3.05, 3.63) is 130 Å². The molecule has 0 aliphatic heterocycles. The van der Waals surface area contributed by atoms with E-state index in [1.807, 2.05) is 64.1 Å². The number of benzene rings is 4. The maximum atomic E-state index is 10.7. The van der Waals surface area contributed by atoms with Gasteiger partial charge in [-0.15, -0.1) is 10.2 Å². The molecule has 4 heterocycles. The van der Waals surface area contributed by atoms with Gasteiger partial charge in [-0.05, 0) is 90.8 Å². The summed E-state index contributed by atoms with van der Waals surface area (Å²) in [6.45, 7) is 21.2. The molecule has 1 N–H and O–H groups in total. The van der Waals surface area contributed by atoms with Crippen molar-refractivity contribution >= 4 is 82.8 Å². The quantitative estimate of drug-likeness (QED) is 0.136. The first-order valence-corrected chi connectivity index (χ1v) is 21.8. The Balaban J connectivity index is 1.38. The van der Waals surface area contributed by atoms with Crippen LogP contribution in [0.15, 0.2) is 101 Å². The van der Waals surface area contributed by atoms with Crippen LogP contribution in [0.1, 0.15) is 99.4 Å². The number of anilines is 5. The molecular weight excluding hydrogens is 781 g/mol. The van der Waals surface area contributed by atoms with Crippen molar-refractivity contribution in [2.24, 2.45) is 10.2 Å². The van der Waals surface area contributed by atoms with E-state index in [9.17, 15) is 5.26 Å². The second-order valence-corrected chi connectivity index (χ2v) is 18.8. The molecule has 0 saturated carbocycles. The monoisotopic (exact) mass is 828 g/mol. The van der Waals surface area contributed by atoms with Crippen molar-refractivity contribution in [1.29, 1.82) is 5.26 Å². The highest BCUT2D eigenvalue weighted by Crippen LogP contribution is 2.46. The first-order chi connectivity index (χ1) is 28.7. The van der Waals surface area contributed by atoms with E-state index in [0.717, 1.165) is 59.2 Å². The molecule has 4 aromatic heterocycles. The minimum Gasteiger partial charge on any atom is -0.338 e. The van der Waals surface area contributed by atoms with E-state index in [4.69, 9.17) is 30.3 Å². The molecule has 0 amide bonds. The summed E-state index contributed by atoms with van der Waals surface area (Å²) in [6, 6.07) is 33.4. The summed E-state index contributed by atoms with van der Waals surface area (Å²) in [5.41, 5.74) is 10.2. The lowest BCUT2D eigenvalue weighted by molar-refractivity contribution is 0.559. The molecule has 4 aromatic carbocycles. The summed E-state index contributed by atoms with van der Waals surface area (Å²) < 4.78 is 3.76. The summed E-state index contributed by atoms with van der Waals surface area (Å²) in [5.74, 6) is 2.00. The number of nitrogens with one attached hydrogen (secondary N) is 1. The number of aromatic nitrogens is 5. The van der Waals surface area contributed by atoms with Gasteiger partial charge in [0.05, 0.1) is 31.8 Å². The van der Waals surface area contributed by atoms with Gasteiger partial charge in [-0.2, -0.15) is 15.0 Å². The molecule has 0 saturated heterocycles. The Labute approximate surface area is 359 Å². The van der Waals surface area contributed by atoms with Crippen molar-refractivity contribution in [2.45, 2.75) is 86.5 Å². The summed E-state index contributed by atoms with van der Waals surface area (Å²) in [5, 5.41) is 30.7. The van der Waals surface area contributed by atoms with E-state index >= 15 is 0 Å². The smallest absolute Gasteiger partial charge is 0.213 e. The fourth-order valence-electron chi connectivity index (χ4n) is 7.46. The third kappa shape index (κ3) is 7.55. The largest absolute Gasteiger partial charge is 0.338 e. The predicted molar refractivity (Wildman–Crippen MR) is 249 cm³/mol. The van der Waals surface area contributed by atoms with E-state index in [2.05, 4.69) is 112 Å². The molecule has 0 fully saturated rings. The SMILES string of the molecule is Cc1cc(N(c2nc3ccccc3s2)c2c(C)cccc2C(C)C)nc(Nc2c(C)cccc2C(C)C)c1N=Nc1c(C#N)c(C(C)(C)C)nn1-c1nc2ccccc2s1. The van der Waals surface area contributed by atoms with Gasteiger partial charge in [-0.1, -0.05) is 132 Å². The number of hydrogen-bond donors (Lipinski definition) is 1. The standard InChI is InChI=1S/C48H48N10S2/c1-27(2)32-19-15-17-29(5)40(32)53-44-41(54-55-45-34(26-49)43(48(8,9)10)56-58(45)47-51-36-22-12-14-24-38(36)60-47)31(7)25-39(52-44)57(42-30(6)18-16-20-33(42)28(3)4)46-50-35-21-11-13-23-37(35)59-46/h11-25,27-28H,1-10H3,(H,52,53). The maximum Gasteiger partial charge on any atom is 0.213 e. The Kier molecular flexibility index (Phi) is 10.8. The van der Waals surface area contributed by atoms with Crippen molar-refractivity contribution in [3.8, 4) is 11.2 Å². The third-order valence-electron chi connectivity index (χ3n) is 10.5. The molecule has 0 radical (unpaired) electrons. The van der Waals surface area contributed by atoms with Crippen LogP contribution in [0, 0.1) is 32.1 Å². The van der Waals surface area contributed by atoms with E-state index in [-0.39, 0.29) is 11.8 Å². The maximum absolute atomic E-state index is 10.7. The van der Waals surface area contributed by atoms with Crippen LogP contribution in [0.25, 0.3) is 25.6 Å². The topological polar surface area (TPSA) is 120 Å². The highest BCUT2D eigenvalue weighted by Gasteiger charge is 2.30. The Morgan fingerprint density at radius 3 is 2.00 bits per heavy atom. The summed E-state index contributed by atoms with van der Waals surface area (Å²) in [7, 11) is 0. The summed E-state index contributed by atoms with van der Waals surface area (Å²) in [4.78, 5) is 17.8. The number of nitriles is 1. The number of hydrogen-bond acceptors (Lipinski definition) is 11. The van der Waals surface area contributed by atoms with Gasteiger partial charge < -0.3 is 5.32 Å². The summed E-state index contributed by atoms with van der Waals surface area (Å²) >= 11 is 3.13. The lowest BCUT2D eigenvalue weighted by Crippen LogP contribution is -2.16. The van der Waals surface area contributed by atoms with Crippen LogP contribution in [-0.2, 0) is 5.41 Å². The molecule has 302 valence electrons. The third-order valence-corrected chi connectivity index (χ3v) is 12.6. The molecular formula is C48H48N10S2. The van der Waals surface area contributed by atoms with Gasteiger partial charge in [0.2, 0.25) is 5.13 Å². The second kappa shape index (κ2) is 16.0. The van der Waals surface area contributed by atoms with Crippen molar-refractivity contribution in [2.75, 3.05) is 10.2 Å². The molecule has 0 aliphatic carbocycles. The minimum absolute atomic E-state index is 0.233. The number of thiazole rings is 2. The zero-order valence-electron chi connectivity index (χ0n) is 35.7. The van der Waals surface area contributed by atoms with E-state index < -0.39 is 5.41 Å². The molecule has 60 heavy (non-hydrogen) atoms. The zero-order chi connectivity index (χ0) is 42.5. The molecule has 0 aliphatic rings. The molecule has 10 nitrogen and oxygen atoms in total. The molecule has 8 rings (SSSR count). The number of pyridine rings is 1. The Morgan fingerprint density at radius 2 is 1.37 bits per heavy atom. The van der Waals surface area contributed by atoms with Crippen LogP contribution in [0.4, 0.5) is 39.6 Å². The number of para-hydroxylation sites is 4. The van der Waals surface area contributed by atoms with Gasteiger partial charge in [0.15, 0.2) is 16.8 Å². The number of rotatable bonds is 10. The van der Waals surface area contributed by atoms with Crippen LogP contribution < -0.4 is 10.2 Å². The van der Waals surface area contributed by atoms with E-state index in [1.165, 1.54) is 16.9 Å². The molecule has 0 bridgehead atoms. The van der Waals surface area contributed by atoms with E-state index in [0.29, 0.717) is 39.5 Å². The lowest BCUT2D eigenvalue weighted by Gasteiger charge is -2.28. The highest BCUT2D eigenvalue weighted by molar-refractivity contribution is 7.22. The van der Waals surface area contributed by atoms with E-state index in [1.54, 1.807) is 16.0 Å². The molecule has 8 aromatic rings. The average molecular weight is 829 g/mol. The first-order valence-electron chi connectivity index (χ1n) is 20.2. The van der Waals surface area contributed by atoms with Crippen LogP contribution >= 0.6 is 22.7 Å². The molecule has 0 spiro atoms. The molecule has 0 unspecified atom stereocenters. The molecule has 0 atom stereocenters. The van der Waals surface area contributed by atoms with Crippen LogP contribution in [0.2, 0.25) is 0 Å². The predicted octanol–water partition coefficient (Wildman–Crippen LogP) is 14.5. The van der Waals surface area contributed by atoms with Gasteiger partial charge in [0.1, 0.15) is 23.1 Å². The van der Waals surface area contributed by atoms with Gasteiger partial charge in [0, 0.05) is 11.1 Å².